The van der Waals surface area contributed by atoms with Gasteiger partial charge in [-0.1, -0.05) is 24.3 Å². The minimum atomic E-state index is -4.20. The first-order chi connectivity index (χ1) is 14.3. The van der Waals surface area contributed by atoms with Crippen molar-refractivity contribution in [3.05, 3.63) is 35.4 Å². The number of piperazine rings is 1. The van der Waals surface area contributed by atoms with E-state index in [0.29, 0.717) is 51.6 Å². The normalized spacial score (nSPS) is 19.4. The molecule has 174 valence electrons. The smallest absolute Gasteiger partial charge is 0.352 e. The van der Waals surface area contributed by atoms with E-state index in [0.717, 1.165) is 24.1 Å². The second-order valence-electron chi connectivity index (χ2n) is 7.88. The molecule has 1 aromatic rings. The number of benzene rings is 1. The largest absolute Gasteiger partial charge is 0.403 e. The van der Waals surface area contributed by atoms with Crippen LogP contribution in [-0.2, 0) is 17.9 Å². The summed E-state index contributed by atoms with van der Waals surface area (Å²) in [5.41, 5.74) is 2.17. The SMILES string of the molecule is CN=C(NCc1cccc(CN2CCCC2=O)c1)N1CCN(C(C)C(F)(F)F)CC1.I. The van der Waals surface area contributed by atoms with Gasteiger partial charge in [0, 0.05) is 59.3 Å². The molecular formula is C21H31F3IN5O. The van der Waals surface area contributed by atoms with Gasteiger partial charge in [0.1, 0.15) is 6.04 Å². The van der Waals surface area contributed by atoms with Crippen molar-refractivity contribution in [1.82, 2.24) is 20.0 Å². The Morgan fingerprint density at radius 1 is 1.16 bits per heavy atom. The molecule has 1 aromatic carbocycles. The number of halogens is 4. The summed E-state index contributed by atoms with van der Waals surface area (Å²) in [5.74, 6) is 0.896. The number of alkyl halides is 3. The molecule has 2 saturated heterocycles. The van der Waals surface area contributed by atoms with Crippen LogP contribution in [0.5, 0.6) is 0 Å². The standard InChI is InChI=1S/C21H30F3N5O.HI/c1-16(21(22,23)24)27-9-11-28(12-10-27)20(25-2)26-14-17-5-3-6-18(13-17)15-29-8-4-7-19(29)30;/h3,5-6,13,16H,4,7-12,14-15H2,1-2H3,(H,25,26);1H. The zero-order chi connectivity index (χ0) is 21.7. The minimum absolute atomic E-state index is 0. The molecule has 3 rings (SSSR count). The molecule has 2 aliphatic rings. The average Bonchev–Trinajstić information content (AvgIpc) is 3.12. The van der Waals surface area contributed by atoms with Gasteiger partial charge < -0.3 is 15.1 Å². The van der Waals surface area contributed by atoms with E-state index in [2.05, 4.69) is 16.4 Å². The van der Waals surface area contributed by atoms with Crippen LogP contribution in [0.1, 0.15) is 30.9 Å². The number of nitrogens with one attached hydrogen (secondary N) is 1. The van der Waals surface area contributed by atoms with Crippen LogP contribution in [0.15, 0.2) is 29.3 Å². The number of carbonyl (C=O) groups excluding carboxylic acids is 1. The predicted octanol–water partition coefficient (Wildman–Crippen LogP) is 3.07. The van der Waals surface area contributed by atoms with Gasteiger partial charge in [-0.3, -0.25) is 14.7 Å². The van der Waals surface area contributed by atoms with Crippen molar-refractivity contribution in [3.63, 3.8) is 0 Å². The molecule has 6 nitrogen and oxygen atoms in total. The highest BCUT2D eigenvalue weighted by atomic mass is 127. The van der Waals surface area contributed by atoms with E-state index < -0.39 is 12.2 Å². The van der Waals surface area contributed by atoms with E-state index in [-0.39, 0.29) is 29.9 Å². The van der Waals surface area contributed by atoms with Gasteiger partial charge in [0.15, 0.2) is 5.96 Å². The maximum absolute atomic E-state index is 12.9. The Morgan fingerprint density at radius 2 is 1.84 bits per heavy atom. The molecular weight excluding hydrogens is 522 g/mol. The molecule has 31 heavy (non-hydrogen) atoms. The fourth-order valence-corrected chi connectivity index (χ4v) is 3.97. The molecule has 0 aliphatic carbocycles. The van der Waals surface area contributed by atoms with Crippen molar-refractivity contribution >= 4 is 35.8 Å². The van der Waals surface area contributed by atoms with Gasteiger partial charge in [-0.25, -0.2) is 0 Å². The van der Waals surface area contributed by atoms with Gasteiger partial charge in [0.05, 0.1) is 0 Å². The number of guanidine groups is 1. The molecule has 0 spiro atoms. The number of nitrogens with zero attached hydrogens (tertiary/aromatic N) is 4. The number of rotatable bonds is 5. The van der Waals surface area contributed by atoms with Crippen LogP contribution in [0.3, 0.4) is 0 Å². The average molecular weight is 553 g/mol. The summed E-state index contributed by atoms with van der Waals surface area (Å²) >= 11 is 0. The Morgan fingerprint density at radius 3 is 2.42 bits per heavy atom. The second kappa shape index (κ2) is 11.3. The lowest BCUT2D eigenvalue weighted by molar-refractivity contribution is -0.181. The zero-order valence-corrected chi connectivity index (χ0v) is 20.3. The van der Waals surface area contributed by atoms with Gasteiger partial charge in [-0.2, -0.15) is 13.2 Å². The van der Waals surface area contributed by atoms with Crippen LogP contribution in [0, 0.1) is 0 Å². The Labute approximate surface area is 198 Å². The molecule has 1 N–H and O–H groups in total. The van der Waals surface area contributed by atoms with Gasteiger partial charge in [-0.05, 0) is 24.5 Å². The number of likely N-dealkylation sites (tertiary alicyclic amines) is 1. The summed E-state index contributed by atoms with van der Waals surface area (Å²) in [7, 11) is 1.68. The molecule has 10 heteroatoms. The van der Waals surface area contributed by atoms with Crippen LogP contribution in [-0.4, -0.2) is 78.6 Å². The first kappa shape index (κ1) is 25.7. The minimum Gasteiger partial charge on any atom is -0.352 e. The second-order valence-corrected chi connectivity index (χ2v) is 7.88. The third-order valence-corrected chi connectivity index (χ3v) is 5.83. The summed E-state index contributed by atoms with van der Waals surface area (Å²) in [6.45, 7) is 4.91. The lowest BCUT2D eigenvalue weighted by Gasteiger charge is -2.39. The highest BCUT2D eigenvalue weighted by Crippen LogP contribution is 2.25. The Bertz CT molecular complexity index is 766. The topological polar surface area (TPSA) is 51.2 Å². The summed E-state index contributed by atoms with van der Waals surface area (Å²) in [6.07, 6.45) is -2.65. The number of aliphatic imine (C=N–C) groups is 1. The number of hydrogen-bond donors (Lipinski definition) is 1. The van der Waals surface area contributed by atoms with E-state index in [1.807, 2.05) is 28.0 Å². The number of amides is 1. The molecule has 0 saturated carbocycles. The van der Waals surface area contributed by atoms with Crippen molar-refractivity contribution in [3.8, 4) is 0 Å². The van der Waals surface area contributed by atoms with E-state index in [1.54, 1.807) is 7.05 Å². The fourth-order valence-electron chi connectivity index (χ4n) is 3.97. The van der Waals surface area contributed by atoms with Crippen molar-refractivity contribution in [2.45, 2.75) is 45.1 Å². The molecule has 1 atom stereocenters. The van der Waals surface area contributed by atoms with Crippen LogP contribution < -0.4 is 5.32 Å². The fraction of sp³-hybridized carbons (Fsp3) is 0.619. The Kier molecular flexibility index (Phi) is 9.41. The lowest BCUT2D eigenvalue weighted by atomic mass is 10.1. The van der Waals surface area contributed by atoms with E-state index in [4.69, 9.17) is 0 Å². The highest BCUT2D eigenvalue weighted by molar-refractivity contribution is 14.0. The maximum atomic E-state index is 12.9. The van der Waals surface area contributed by atoms with Crippen LogP contribution in [0.4, 0.5) is 13.2 Å². The molecule has 0 aromatic heterocycles. The van der Waals surface area contributed by atoms with Crippen LogP contribution in [0.25, 0.3) is 0 Å². The van der Waals surface area contributed by atoms with E-state index in [9.17, 15) is 18.0 Å². The van der Waals surface area contributed by atoms with Gasteiger partial charge >= 0.3 is 6.18 Å². The molecule has 2 aliphatic heterocycles. The van der Waals surface area contributed by atoms with E-state index >= 15 is 0 Å². The summed E-state index contributed by atoms with van der Waals surface area (Å²) in [6, 6.07) is 6.66. The van der Waals surface area contributed by atoms with Gasteiger partial charge in [0.2, 0.25) is 5.91 Å². The number of hydrogen-bond acceptors (Lipinski definition) is 3. The summed E-state index contributed by atoms with van der Waals surface area (Å²) in [4.78, 5) is 21.5. The van der Waals surface area contributed by atoms with Crippen molar-refractivity contribution in [2.75, 3.05) is 39.8 Å². The van der Waals surface area contributed by atoms with Gasteiger partial charge in [0.25, 0.3) is 0 Å². The molecule has 0 bridgehead atoms. The third-order valence-electron chi connectivity index (χ3n) is 5.83. The van der Waals surface area contributed by atoms with Crippen LogP contribution in [0.2, 0.25) is 0 Å². The van der Waals surface area contributed by atoms with Crippen molar-refractivity contribution in [2.24, 2.45) is 4.99 Å². The first-order valence-corrected chi connectivity index (χ1v) is 10.4. The number of carbonyl (C=O) groups is 1. The third kappa shape index (κ3) is 6.96. The predicted molar refractivity (Wildman–Crippen MR) is 125 cm³/mol. The lowest BCUT2D eigenvalue weighted by Crippen LogP contribution is -2.56. The maximum Gasteiger partial charge on any atom is 0.403 e. The molecule has 0 radical (unpaired) electrons. The molecule has 2 heterocycles. The van der Waals surface area contributed by atoms with E-state index in [1.165, 1.54) is 11.8 Å². The molecule has 1 amide bonds. The Balaban J connectivity index is 0.00000341. The van der Waals surface area contributed by atoms with Crippen molar-refractivity contribution < 1.29 is 18.0 Å². The summed E-state index contributed by atoms with van der Waals surface area (Å²) < 4.78 is 38.8. The monoisotopic (exact) mass is 553 g/mol. The summed E-state index contributed by atoms with van der Waals surface area (Å²) in [5, 5.41) is 3.31. The van der Waals surface area contributed by atoms with Gasteiger partial charge in [-0.15, -0.1) is 24.0 Å². The quantitative estimate of drug-likeness (QED) is 0.346. The molecule has 2 fully saturated rings. The molecule has 1 unspecified atom stereocenters. The zero-order valence-electron chi connectivity index (χ0n) is 18.0. The Hall–Kier alpha value is -1.56. The van der Waals surface area contributed by atoms with Crippen LogP contribution >= 0.6 is 24.0 Å². The van der Waals surface area contributed by atoms with Crippen molar-refractivity contribution in [1.29, 1.82) is 0 Å². The first-order valence-electron chi connectivity index (χ1n) is 10.4. The highest BCUT2D eigenvalue weighted by Gasteiger charge is 2.41.